The Labute approximate surface area is 134 Å². The predicted molar refractivity (Wildman–Crippen MR) is 79.0 cm³/mol. The van der Waals surface area contributed by atoms with E-state index in [0.717, 1.165) is 17.7 Å². The standard InChI is InChI=1S/C16H13F4N3O/c17-14-11-5-6-21-7-9(11)1-3-12(14)23-15(24)13-4-2-10(8-22-13)16(18,19)20/h1-4,8,21H,5-7H2,(H,23,24). The zero-order valence-electron chi connectivity index (χ0n) is 12.4. The van der Waals surface area contributed by atoms with E-state index in [1.807, 2.05) is 0 Å². The topological polar surface area (TPSA) is 54.0 Å². The van der Waals surface area contributed by atoms with Crippen LogP contribution in [-0.2, 0) is 19.1 Å². The van der Waals surface area contributed by atoms with Gasteiger partial charge >= 0.3 is 6.18 Å². The van der Waals surface area contributed by atoms with E-state index in [0.29, 0.717) is 31.3 Å². The van der Waals surface area contributed by atoms with Gasteiger partial charge in [0, 0.05) is 12.7 Å². The van der Waals surface area contributed by atoms with E-state index in [-0.39, 0.29) is 11.4 Å². The van der Waals surface area contributed by atoms with Crippen LogP contribution in [0.3, 0.4) is 0 Å². The lowest BCUT2D eigenvalue weighted by Gasteiger charge is -2.19. The number of amides is 1. The molecule has 0 radical (unpaired) electrons. The first-order valence-corrected chi connectivity index (χ1v) is 7.22. The molecule has 2 N–H and O–H groups in total. The third-order valence-electron chi connectivity index (χ3n) is 3.78. The van der Waals surface area contributed by atoms with Crippen LogP contribution in [-0.4, -0.2) is 17.4 Å². The molecule has 3 rings (SSSR count). The van der Waals surface area contributed by atoms with Crippen molar-refractivity contribution in [2.75, 3.05) is 11.9 Å². The molecule has 0 spiro atoms. The molecule has 1 aliphatic heterocycles. The summed E-state index contributed by atoms with van der Waals surface area (Å²) in [6.45, 7) is 1.20. The molecule has 0 saturated carbocycles. The predicted octanol–water partition coefficient (Wildman–Crippen LogP) is 3.14. The molecule has 1 aromatic carbocycles. The molecule has 2 heterocycles. The Balaban J connectivity index is 1.80. The number of anilines is 1. The smallest absolute Gasteiger partial charge is 0.318 e. The zero-order valence-corrected chi connectivity index (χ0v) is 12.4. The number of nitrogens with zero attached hydrogens (tertiary/aromatic N) is 1. The number of nitrogens with one attached hydrogen (secondary N) is 2. The number of pyridine rings is 1. The van der Waals surface area contributed by atoms with Gasteiger partial charge < -0.3 is 10.6 Å². The van der Waals surface area contributed by atoms with Gasteiger partial charge in [0.15, 0.2) is 0 Å². The summed E-state index contributed by atoms with van der Waals surface area (Å²) in [5.74, 6) is -1.29. The van der Waals surface area contributed by atoms with Crippen molar-refractivity contribution in [1.82, 2.24) is 10.3 Å². The van der Waals surface area contributed by atoms with Crippen LogP contribution in [0, 0.1) is 5.82 Å². The number of hydrogen-bond donors (Lipinski definition) is 2. The third kappa shape index (κ3) is 3.23. The van der Waals surface area contributed by atoms with E-state index in [1.54, 1.807) is 6.07 Å². The maximum absolute atomic E-state index is 14.4. The Hall–Kier alpha value is -2.48. The Morgan fingerprint density at radius 1 is 1.21 bits per heavy atom. The van der Waals surface area contributed by atoms with Crippen LogP contribution in [0.4, 0.5) is 23.2 Å². The van der Waals surface area contributed by atoms with Crippen molar-refractivity contribution >= 4 is 11.6 Å². The first kappa shape index (κ1) is 16.4. The summed E-state index contributed by atoms with van der Waals surface area (Å²) >= 11 is 0. The molecule has 126 valence electrons. The minimum Gasteiger partial charge on any atom is -0.318 e. The number of carbonyl (C=O) groups is 1. The summed E-state index contributed by atoms with van der Waals surface area (Å²) in [5.41, 5.74) is 0.173. The molecule has 0 aliphatic carbocycles. The van der Waals surface area contributed by atoms with Gasteiger partial charge in [-0.05, 0) is 42.3 Å². The highest BCUT2D eigenvalue weighted by molar-refractivity contribution is 6.03. The summed E-state index contributed by atoms with van der Waals surface area (Å²) in [7, 11) is 0. The fourth-order valence-corrected chi connectivity index (χ4v) is 2.51. The molecule has 4 nitrogen and oxygen atoms in total. The fourth-order valence-electron chi connectivity index (χ4n) is 2.51. The molecule has 0 atom stereocenters. The van der Waals surface area contributed by atoms with E-state index in [9.17, 15) is 22.4 Å². The number of carbonyl (C=O) groups excluding carboxylic acids is 1. The van der Waals surface area contributed by atoms with Crippen LogP contribution in [0.5, 0.6) is 0 Å². The summed E-state index contributed by atoms with van der Waals surface area (Å²) in [6.07, 6.45) is -3.45. The Morgan fingerprint density at radius 3 is 2.67 bits per heavy atom. The average Bonchev–Trinajstić information content (AvgIpc) is 2.57. The SMILES string of the molecule is O=C(Nc1ccc2c(c1F)CCNC2)c1ccc(C(F)(F)F)cn1. The van der Waals surface area contributed by atoms with Crippen molar-refractivity contribution in [2.45, 2.75) is 19.1 Å². The number of alkyl halides is 3. The van der Waals surface area contributed by atoms with Crippen LogP contribution in [0.2, 0.25) is 0 Å². The lowest BCUT2D eigenvalue weighted by atomic mass is 9.99. The molecule has 0 fully saturated rings. The quantitative estimate of drug-likeness (QED) is 0.827. The molecule has 0 bridgehead atoms. The van der Waals surface area contributed by atoms with Gasteiger partial charge in [0.2, 0.25) is 0 Å². The lowest BCUT2D eigenvalue weighted by Crippen LogP contribution is -2.25. The number of aromatic nitrogens is 1. The van der Waals surface area contributed by atoms with Gasteiger partial charge in [0.25, 0.3) is 5.91 Å². The molecular weight excluding hydrogens is 326 g/mol. The largest absolute Gasteiger partial charge is 0.417 e. The third-order valence-corrected chi connectivity index (χ3v) is 3.78. The first-order valence-electron chi connectivity index (χ1n) is 7.22. The van der Waals surface area contributed by atoms with Crippen molar-refractivity contribution in [3.8, 4) is 0 Å². The summed E-state index contributed by atoms with van der Waals surface area (Å²) in [6, 6.07) is 4.86. The highest BCUT2D eigenvalue weighted by Gasteiger charge is 2.31. The van der Waals surface area contributed by atoms with Gasteiger partial charge in [0.1, 0.15) is 11.5 Å². The van der Waals surface area contributed by atoms with Crippen molar-refractivity contribution in [2.24, 2.45) is 0 Å². The normalized spacial score (nSPS) is 14.2. The molecule has 1 amide bonds. The second-order valence-electron chi connectivity index (χ2n) is 5.38. The Kier molecular flexibility index (Phi) is 4.23. The zero-order chi connectivity index (χ0) is 17.3. The summed E-state index contributed by atoms with van der Waals surface area (Å²) in [5, 5.41) is 5.47. The molecular formula is C16H13F4N3O. The number of halogens is 4. The van der Waals surface area contributed by atoms with Crippen LogP contribution in [0.15, 0.2) is 30.5 Å². The van der Waals surface area contributed by atoms with Crippen molar-refractivity contribution < 1.29 is 22.4 Å². The highest BCUT2D eigenvalue weighted by atomic mass is 19.4. The minimum absolute atomic E-state index is 0.0117. The maximum Gasteiger partial charge on any atom is 0.417 e. The summed E-state index contributed by atoms with van der Waals surface area (Å²) < 4.78 is 51.9. The van der Waals surface area contributed by atoms with Gasteiger partial charge in [-0.25, -0.2) is 4.39 Å². The minimum atomic E-state index is -4.53. The van der Waals surface area contributed by atoms with E-state index < -0.39 is 23.5 Å². The molecule has 24 heavy (non-hydrogen) atoms. The monoisotopic (exact) mass is 339 g/mol. The molecule has 8 heteroatoms. The number of hydrogen-bond acceptors (Lipinski definition) is 3. The van der Waals surface area contributed by atoms with Gasteiger partial charge in [-0.2, -0.15) is 13.2 Å². The number of benzene rings is 1. The van der Waals surface area contributed by atoms with Gasteiger partial charge in [-0.15, -0.1) is 0 Å². The second-order valence-corrected chi connectivity index (χ2v) is 5.38. The first-order chi connectivity index (χ1) is 11.4. The van der Waals surface area contributed by atoms with E-state index in [4.69, 9.17) is 0 Å². The van der Waals surface area contributed by atoms with E-state index in [2.05, 4.69) is 15.6 Å². The van der Waals surface area contributed by atoms with Crippen LogP contribution >= 0.6 is 0 Å². The van der Waals surface area contributed by atoms with Crippen molar-refractivity contribution in [3.63, 3.8) is 0 Å². The Morgan fingerprint density at radius 2 is 2.00 bits per heavy atom. The highest BCUT2D eigenvalue weighted by Crippen LogP contribution is 2.29. The van der Waals surface area contributed by atoms with Gasteiger partial charge in [-0.1, -0.05) is 6.07 Å². The lowest BCUT2D eigenvalue weighted by molar-refractivity contribution is -0.137. The van der Waals surface area contributed by atoms with E-state index in [1.165, 1.54) is 6.07 Å². The van der Waals surface area contributed by atoms with Gasteiger partial charge in [-0.3, -0.25) is 9.78 Å². The molecule has 1 aromatic heterocycles. The molecule has 0 unspecified atom stereocenters. The maximum atomic E-state index is 14.4. The van der Waals surface area contributed by atoms with Crippen molar-refractivity contribution in [1.29, 1.82) is 0 Å². The Bertz CT molecular complexity index is 772. The van der Waals surface area contributed by atoms with Crippen molar-refractivity contribution in [3.05, 3.63) is 58.7 Å². The van der Waals surface area contributed by atoms with Gasteiger partial charge in [0.05, 0.1) is 11.3 Å². The summed E-state index contributed by atoms with van der Waals surface area (Å²) in [4.78, 5) is 15.6. The number of rotatable bonds is 2. The fraction of sp³-hybridized carbons (Fsp3) is 0.250. The number of fused-ring (bicyclic) bond motifs is 1. The molecule has 2 aromatic rings. The average molecular weight is 339 g/mol. The van der Waals surface area contributed by atoms with Crippen LogP contribution in [0.1, 0.15) is 27.2 Å². The van der Waals surface area contributed by atoms with Crippen LogP contribution < -0.4 is 10.6 Å². The molecule has 1 aliphatic rings. The van der Waals surface area contributed by atoms with Crippen LogP contribution in [0.25, 0.3) is 0 Å². The van der Waals surface area contributed by atoms with E-state index >= 15 is 0 Å². The second kappa shape index (κ2) is 6.20. The molecule has 0 saturated heterocycles.